The van der Waals surface area contributed by atoms with Crippen LogP contribution in [0.25, 0.3) is 0 Å². The van der Waals surface area contributed by atoms with Gasteiger partial charge in [0.2, 0.25) is 5.66 Å². The van der Waals surface area contributed by atoms with Crippen molar-refractivity contribution in [2.24, 2.45) is 4.99 Å². The molecule has 0 saturated carbocycles. The maximum Gasteiger partial charge on any atom is 0.281 e. The van der Waals surface area contributed by atoms with E-state index in [9.17, 15) is 9.59 Å². The number of benzene rings is 2. The number of halogens is 1. The minimum absolute atomic E-state index is 0.263. The van der Waals surface area contributed by atoms with Crippen LogP contribution in [-0.4, -0.2) is 28.2 Å². The highest BCUT2D eigenvalue weighted by atomic mass is 79.9. The molecule has 2 amide bonds. The molecule has 2 aliphatic rings. The Morgan fingerprint density at radius 1 is 1.07 bits per heavy atom. The van der Waals surface area contributed by atoms with E-state index in [0.717, 1.165) is 10.0 Å². The number of fused-ring (bicyclic) bond motifs is 1. The number of nitrogens with one attached hydrogen (secondary N) is 1. The smallest absolute Gasteiger partial charge is 0.281 e. The largest absolute Gasteiger partial charge is 0.320 e. The fourth-order valence-corrected chi connectivity index (χ4v) is 3.39. The molecule has 4 rings (SSSR count). The molecule has 1 atom stereocenters. The first kappa shape index (κ1) is 17.4. The standard InChI is InChI=1S/C21H16BrN3O2/c22-17-11-9-15(10-12-17)14-21(24-19(26)16-6-2-1-3-7-16)20(27)25-13-5-4-8-18(25)23-21/h1-13H,14H2,(H,24,26). The van der Waals surface area contributed by atoms with Crippen LogP contribution >= 0.6 is 15.9 Å². The quantitative estimate of drug-likeness (QED) is 0.821. The van der Waals surface area contributed by atoms with Crippen LogP contribution in [0.3, 0.4) is 0 Å². The molecule has 0 saturated heterocycles. The van der Waals surface area contributed by atoms with Crippen LogP contribution in [0.4, 0.5) is 0 Å². The predicted molar refractivity (Wildman–Crippen MR) is 107 cm³/mol. The molecule has 5 nitrogen and oxygen atoms in total. The zero-order valence-corrected chi connectivity index (χ0v) is 15.9. The van der Waals surface area contributed by atoms with E-state index in [4.69, 9.17) is 0 Å². The lowest BCUT2D eigenvalue weighted by atomic mass is 9.98. The number of carbonyl (C=O) groups excluding carboxylic acids is 2. The Morgan fingerprint density at radius 2 is 1.81 bits per heavy atom. The van der Waals surface area contributed by atoms with Gasteiger partial charge in [0, 0.05) is 22.7 Å². The molecular formula is C21H16BrN3O2. The minimum Gasteiger partial charge on any atom is -0.320 e. The van der Waals surface area contributed by atoms with Crippen LogP contribution in [0.15, 0.2) is 88.5 Å². The fraction of sp³-hybridized carbons (Fsp3) is 0.0952. The summed E-state index contributed by atoms with van der Waals surface area (Å²) in [6.07, 6.45) is 7.28. The zero-order chi connectivity index (χ0) is 18.9. The Kier molecular flexibility index (Phi) is 4.49. The van der Waals surface area contributed by atoms with Crippen LogP contribution in [0.5, 0.6) is 0 Å². The number of allylic oxidation sites excluding steroid dienone is 2. The number of rotatable bonds is 4. The first-order valence-electron chi connectivity index (χ1n) is 8.48. The molecule has 2 aliphatic heterocycles. The Hall–Kier alpha value is -2.99. The number of hydrogen-bond donors (Lipinski definition) is 1. The molecule has 2 heterocycles. The summed E-state index contributed by atoms with van der Waals surface area (Å²) in [6, 6.07) is 16.5. The molecular weight excluding hydrogens is 406 g/mol. The topological polar surface area (TPSA) is 61.8 Å². The normalized spacial score (nSPS) is 20.4. The second-order valence-electron chi connectivity index (χ2n) is 6.33. The Bertz CT molecular complexity index is 980. The molecule has 0 bridgehead atoms. The number of aliphatic imine (C=N–C) groups is 1. The molecule has 0 aromatic heterocycles. The third kappa shape index (κ3) is 3.36. The molecule has 2 aromatic carbocycles. The van der Waals surface area contributed by atoms with E-state index in [0.29, 0.717) is 11.4 Å². The van der Waals surface area contributed by atoms with Crippen molar-refractivity contribution in [1.29, 1.82) is 0 Å². The van der Waals surface area contributed by atoms with Crippen LogP contribution < -0.4 is 5.32 Å². The molecule has 0 spiro atoms. The Morgan fingerprint density at radius 3 is 2.52 bits per heavy atom. The van der Waals surface area contributed by atoms with Crippen molar-refractivity contribution in [2.75, 3.05) is 0 Å². The monoisotopic (exact) mass is 421 g/mol. The minimum atomic E-state index is -1.38. The van der Waals surface area contributed by atoms with Gasteiger partial charge in [0.1, 0.15) is 5.84 Å². The van der Waals surface area contributed by atoms with E-state index >= 15 is 0 Å². The molecule has 2 aromatic rings. The average molecular weight is 422 g/mol. The number of hydrogen-bond acceptors (Lipinski definition) is 3. The second-order valence-corrected chi connectivity index (χ2v) is 7.25. The third-order valence-corrected chi connectivity index (χ3v) is 4.97. The van der Waals surface area contributed by atoms with Gasteiger partial charge in [-0.2, -0.15) is 0 Å². The van der Waals surface area contributed by atoms with Crippen molar-refractivity contribution in [3.63, 3.8) is 0 Å². The summed E-state index contributed by atoms with van der Waals surface area (Å²) < 4.78 is 0.945. The van der Waals surface area contributed by atoms with Gasteiger partial charge in [-0.3, -0.25) is 14.5 Å². The van der Waals surface area contributed by atoms with Gasteiger partial charge in [0.05, 0.1) is 0 Å². The van der Waals surface area contributed by atoms with Crippen LogP contribution in [0.1, 0.15) is 15.9 Å². The van der Waals surface area contributed by atoms with Gasteiger partial charge in [0.15, 0.2) is 0 Å². The van der Waals surface area contributed by atoms with Crippen molar-refractivity contribution < 1.29 is 9.59 Å². The van der Waals surface area contributed by atoms with Crippen molar-refractivity contribution in [2.45, 2.75) is 12.1 Å². The van der Waals surface area contributed by atoms with E-state index in [1.807, 2.05) is 36.4 Å². The fourth-order valence-electron chi connectivity index (χ4n) is 3.13. The van der Waals surface area contributed by atoms with Gasteiger partial charge in [-0.1, -0.05) is 52.3 Å². The SMILES string of the molecule is O=C(NC1(Cc2ccc(Br)cc2)N=C2C=CC=CN2C1=O)c1ccccc1. The number of amides is 2. The van der Waals surface area contributed by atoms with Gasteiger partial charge < -0.3 is 5.32 Å². The first-order valence-corrected chi connectivity index (χ1v) is 9.27. The molecule has 0 fully saturated rings. The summed E-state index contributed by atoms with van der Waals surface area (Å²) in [7, 11) is 0. The van der Waals surface area contributed by atoms with Crippen molar-refractivity contribution in [3.05, 3.63) is 94.6 Å². The molecule has 134 valence electrons. The number of amidine groups is 1. The Balaban J connectivity index is 1.71. The van der Waals surface area contributed by atoms with Crippen LogP contribution in [-0.2, 0) is 11.2 Å². The average Bonchev–Trinajstić information content (AvgIpc) is 2.96. The number of nitrogens with zero attached hydrogens (tertiary/aromatic N) is 2. The van der Waals surface area contributed by atoms with Gasteiger partial charge in [0.25, 0.3) is 11.8 Å². The summed E-state index contributed by atoms with van der Waals surface area (Å²) in [5, 5.41) is 2.88. The van der Waals surface area contributed by atoms with E-state index < -0.39 is 5.66 Å². The molecule has 27 heavy (non-hydrogen) atoms. The van der Waals surface area contributed by atoms with Gasteiger partial charge in [-0.25, -0.2) is 4.99 Å². The summed E-state index contributed by atoms with van der Waals surface area (Å²) in [5.74, 6) is -0.0866. The predicted octanol–water partition coefficient (Wildman–Crippen LogP) is 3.44. The highest BCUT2D eigenvalue weighted by Crippen LogP contribution is 2.28. The van der Waals surface area contributed by atoms with E-state index in [1.54, 1.807) is 42.6 Å². The lowest BCUT2D eigenvalue weighted by molar-refractivity contribution is -0.130. The van der Waals surface area contributed by atoms with Crippen molar-refractivity contribution in [3.8, 4) is 0 Å². The molecule has 1 unspecified atom stereocenters. The highest BCUT2D eigenvalue weighted by Gasteiger charge is 2.48. The molecule has 6 heteroatoms. The number of carbonyl (C=O) groups is 2. The molecule has 0 radical (unpaired) electrons. The summed E-state index contributed by atoms with van der Waals surface area (Å²) in [6.45, 7) is 0. The lowest BCUT2D eigenvalue weighted by Crippen LogP contribution is -2.55. The third-order valence-electron chi connectivity index (χ3n) is 4.45. The summed E-state index contributed by atoms with van der Waals surface area (Å²) >= 11 is 3.41. The lowest BCUT2D eigenvalue weighted by Gasteiger charge is -2.27. The molecule has 0 aliphatic carbocycles. The Labute approximate surface area is 165 Å². The molecule has 1 N–H and O–H groups in total. The van der Waals surface area contributed by atoms with E-state index in [2.05, 4.69) is 26.2 Å². The van der Waals surface area contributed by atoms with Crippen LogP contribution in [0, 0.1) is 0 Å². The van der Waals surface area contributed by atoms with Crippen LogP contribution in [0.2, 0.25) is 0 Å². The zero-order valence-electron chi connectivity index (χ0n) is 14.3. The first-order chi connectivity index (χ1) is 13.1. The van der Waals surface area contributed by atoms with Gasteiger partial charge >= 0.3 is 0 Å². The second kappa shape index (κ2) is 6.96. The highest BCUT2D eigenvalue weighted by molar-refractivity contribution is 9.10. The maximum absolute atomic E-state index is 13.2. The van der Waals surface area contributed by atoms with Crippen molar-refractivity contribution in [1.82, 2.24) is 10.2 Å². The van der Waals surface area contributed by atoms with E-state index in [1.165, 1.54) is 4.90 Å². The van der Waals surface area contributed by atoms with E-state index in [-0.39, 0.29) is 18.2 Å². The van der Waals surface area contributed by atoms with Crippen molar-refractivity contribution >= 4 is 33.6 Å². The summed E-state index contributed by atoms with van der Waals surface area (Å²) in [4.78, 5) is 32.1. The summed E-state index contributed by atoms with van der Waals surface area (Å²) in [5.41, 5.74) is 0.00321. The van der Waals surface area contributed by atoms with Gasteiger partial charge in [-0.05, 0) is 42.0 Å². The maximum atomic E-state index is 13.2. The van der Waals surface area contributed by atoms with Gasteiger partial charge in [-0.15, -0.1) is 0 Å².